The Hall–Kier alpha value is -4.88. The monoisotopic (exact) mass is 435 g/mol. The minimum atomic E-state index is 0.600. The minimum absolute atomic E-state index is 0.600. The number of hydrogen-bond acceptors (Lipinski definition) is 3. The number of rotatable bonds is 2. The third-order valence-corrected chi connectivity index (χ3v) is 6.55. The molecule has 0 unspecified atom stereocenters. The van der Waals surface area contributed by atoms with Crippen LogP contribution in [-0.2, 0) is 0 Å². The van der Waals surface area contributed by atoms with Crippen molar-refractivity contribution in [2.45, 2.75) is 0 Å². The Morgan fingerprint density at radius 1 is 0.676 bits per heavy atom. The minimum Gasteiger partial charge on any atom is -0.456 e. The molecule has 0 spiro atoms. The zero-order valence-electron chi connectivity index (χ0n) is 18.1. The molecule has 0 saturated heterocycles. The maximum Gasteiger partial charge on any atom is 0.137 e. The molecule has 4 nitrogen and oxygen atoms in total. The molecule has 4 heteroatoms. The van der Waals surface area contributed by atoms with E-state index in [-0.39, 0.29) is 0 Å². The molecule has 0 aliphatic rings. The molecule has 4 aromatic carbocycles. The van der Waals surface area contributed by atoms with Gasteiger partial charge in [0.15, 0.2) is 0 Å². The number of aromatic nitrogens is 2. The summed E-state index contributed by atoms with van der Waals surface area (Å²) < 4.78 is 8.50. The van der Waals surface area contributed by atoms with Gasteiger partial charge in [0.1, 0.15) is 11.2 Å². The molecule has 3 heterocycles. The second-order valence-electron chi connectivity index (χ2n) is 8.37. The summed E-state index contributed by atoms with van der Waals surface area (Å²) in [6, 6.07) is 33.2. The highest BCUT2D eigenvalue weighted by Crippen LogP contribution is 2.40. The molecule has 0 radical (unpaired) electrons. The Balaban J connectivity index is 1.63. The number of nitriles is 1. The van der Waals surface area contributed by atoms with Crippen LogP contribution in [0.2, 0.25) is 0 Å². The van der Waals surface area contributed by atoms with Crippen molar-refractivity contribution >= 4 is 43.7 Å². The second-order valence-corrected chi connectivity index (χ2v) is 8.37. The van der Waals surface area contributed by atoms with Crippen LogP contribution in [0.3, 0.4) is 0 Å². The van der Waals surface area contributed by atoms with E-state index in [1.807, 2.05) is 36.4 Å². The fraction of sp³-hybridized carbons (Fsp3) is 0. The van der Waals surface area contributed by atoms with Crippen LogP contribution in [0.15, 0.2) is 108 Å². The summed E-state index contributed by atoms with van der Waals surface area (Å²) in [5.41, 5.74) is 7.27. The van der Waals surface area contributed by atoms with Gasteiger partial charge < -0.3 is 8.98 Å². The van der Waals surface area contributed by atoms with Gasteiger partial charge in [-0.15, -0.1) is 0 Å². The highest BCUT2D eigenvalue weighted by Gasteiger charge is 2.19. The van der Waals surface area contributed by atoms with Crippen molar-refractivity contribution in [3.05, 3.63) is 109 Å². The number of pyridine rings is 1. The average molecular weight is 435 g/mol. The predicted octanol–water partition coefficient (Wildman–Crippen LogP) is 7.62. The van der Waals surface area contributed by atoms with E-state index in [9.17, 15) is 5.26 Å². The fourth-order valence-corrected chi connectivity index (χ4v) is 5.05. The van der Waals surface area contributed by atoms with Gasteiger partial charge in [0.05, 0.1) is 28.4 Å². The summed E-state index contributed by atoms with van der Waals surface area (Å²) in [6.07, 6.45) is 3.42. The SMILES string of the molecule is N#Cc1ccncc1-c1ccccc1-n1c2ccccc2c2cc3c(cc21)oc1ccccc13. The number of benzene rings is 4. The molecular formula is C30H17N3O. The Morgan fingerprint density at radius 3 is 2.38 bits per heavy atom. The third kappa shape index (κ3) is 2.55. The lowest BCUT2D eigenvalue weighted by Gasteiger charge is -2.14. The van der Waals surface area contributed by atoms with Gasteiger partial charge in [-0.3, -0.25) is 4.98 Å². The zero-order valence-corrected chi connectivity index (χ0v) is 18.1. The van der Waals surface area contributed by atoms with Gasteiger partial charge >= 0.3 is 0 Å². The van der Waals surface area contributed by atoms with Crippen molar-refractivity contribution in [3.8, 4) is 22.9 Å². The van der Waals surface area contributed by atoms with E-state index in [0.717, 1.165) is 55.2 Å². The molecule has 0 aliphatic heterocycles. The molecule has 0 amide bonds. The number of para-hydroxylation sites is 3. The fourth-order valence-electron chi connectivity index (χ4n) is 5.05. The van der Waals surface area contributed by atoms with E-state index in [2.05, 4.69) is 64.2 Å². The Bertz CT molecular complexity index is 1930. The van der Waals surface area contributed by atoms with Crippen molar-refractivity contribution in [3.63, 3.8) is 0 Å². The maximum absolute atomic E-state index is 9.74. The molecule has 3 aromatic heterocycles. The molecule has 34 heavy (non-hydrogen) atoms. The molecule has 0 fully saturated rings. The standard InChI is InChI=1S/C30H17N3O/c31-17-19-13-14-32-18-25(19)21-8-2-5-11-27(21)33-26-10-4-1-7-20(26)23-15-24-22-9-3-6-12-29(22)34-30(24)16-28(23)33/h1-16,18H. The van der Waals surface area contributed by atoms with Crippen molar-refractivity contribution in [1.82, 2.24) is 9.55 Å². The Labute approximate surface area is 194 Å². The highest BCUT2D eigenvalue weighted by molar-refractivity contribution is 6.17. The van der Waals surface area contributed by atoms with E-state index in [4.69, 9.17) is 4.42 Å². The summed E-state index contributed by atoms with van der Waals surface area (Å²) in [6.45, 7) is 0. The number of nitrogens with zero attached hydrogens (tertiary/aromatic N) is 3. The third-order valence-electron chi connectivity index (χ3n) is 6.55. The van der Waals surface area contributed by atoms with Crippen molar-refractivity contribution in [2.24, 2.45) is 0 Å². The lowest BCUT2D eigenvalue weighted by molar-refractivity contribution is 0.669. The molecule has 0 bridgehead atoms. The Morgan fingerprint density at radius 2 is 1.47 bits per heavy atom. The second kappa shape index (κ2) is 7.06. The van der Waals surface area contributed by atoms with Gasteiger partial charge in [-0.05, 0) is 30.3 Å². The molecule has 7 rings (SSSR count). The first-order valence-electron chi connectivity index (χ1n) is 11.1. The summed E-state index contributed by atoms with van der Waals surface area (Å²) in [4.78, 5) is 4.31. The van der Waals surface area contributed by atoms with Crippen LogP contribution in [0.4, 0.5) is 0 Å². The predicted molar refractivity (Wildman–Crippen MR) is 136 cm³/mol. The van der Waals surface area contributed by atoms with Gasteiger partial charge in [-0.25, -0.2) is 0 Å². The molecule has 0 N–H and O–H groups in total. The lowest BCUT2D eigenvalue weighted by Crippen LogP contribution is -1.98. The van der Waals surface area contributed by atoms with Gasteiger partial charge in [0.25, 0.3) is 0 Å². The first-order chi connectivity index (χ1) is 16.8. The van der Waals surface area contributed by atoms with Crippen molar-refractivity contribution < 1.29 is 4.42 Å². The summed E-state index contributed by atoms with van der Waals surface area (Å²) >= 11 is 0. The first kappa shape index (κ1) is 18.7. The normalized spacial score (nSPS) is 11.5. The molecule has 7 aromatic rings. The molecule has 0 atom stereocenters. The molecular weight excluding hydrogens is 418 g/mol. The summed E-state index contributed by atoms with van der Waals surface area (Å²) in [5.74, 6) is 0. The van der Waals surface area contributed by atoms with Crippen LogP contribution in [-0.4, -0.2) is 9.55 Å². The van der Waals surface area contributed by atoms with Crippen molar-refractivity contribution in [1.29, 1.82) is 5.26 Å². The lowest BCUT2D eigenvalue weighted by atomic mass is 10.0. The molecule has 0 saturated carbocycles. The van der Waals surface area contributed by atoms with E-state index in [0.29, 0.717) is 5.56 Å². The van der Waals surface area contributed by atoms with E-state index in [1.54, 1.807) is 18.5 Å². The van der Waals surface area contributed by atoms with Gasteiger partial charge in [0, 0.05) is 51.1 Å². The quantitative estimate of drug-likeness (QED) is 0.281. The average Bonchev–Trinajstić information content (AvgIpc) is 3.42. The zero-order chi connectivity index (χ0) is 22.6. The maximum atomic E-state index is 9.74. The number of furan rings is 1. The largest absolute Gasteiger partial charge is 0.456 e. The molecule has 0 aliphatic carbocycles. The van der Waals surface area contributed by atoms with Gasteiger partial charge in [-0.2, -0.15) is 5.26 Å². The van der Waals surface area contributed by atoms with Crippen LogP contribution in [0, 0.1) is 11.3 Å². The van der Waals surface area contributed by atoms with Crippen LogP contribution >= 0.6 is 0 Å². The van der Waals surface area contributed by atoms with E-state index in [1.165, 1.54) is 5.39 Å². The van der Waals surface area contributed by atoms with E-state index >= 15 is 0 Å². The van der Waals surface area contributed by atoms with Crippen LogP contribution in [0.5, 0.6) is 0 Å². The van der Waals surface area contributed by atoms with Crippen LogP contribution < -0.4 is 0 Å². The summed E-state index contributed by atoms with van der Waals surface area (Å²) in [5, 5.41) is 14.3. The summed E-state index contributed by atoms with van der Waals surface area (Å²) in [7, 11) is 0. The first-order valence-corrected chi connectivity index (χ1v) is 11.1. The topological polar surface area (TPSA) is 54.8 Å². The number of fused-ring (bicyclic) bond motifs is 6. The van der Waals surface area contributed by atoms with Crippen LogP contribution in [0.1, 0.15) is 5.56 Å². The van der Waals surface area contributed by atoms with Gasteiger partial charge in [0.2, 0.25) is 0 Å². The Kier molecular flexibility index (Phi) is 3.88. The highest BCUT2D eigenvalue weighted by atomic mass is 16.3. The van der Waals surface area contributed by atoms with Crippen molar-refractivity contribution in [2.75, 3.05) is 0 Å². The smallest absolute Gasteiger partial charge is 0.137 e. The van der Waals surface area contributed by atoms with Gasteiger partial charge in [-0.1, -0.05) is 54.6 Å². The van der Waals surface area contributed by atoms with E-state index < -0.39 is 0 Å². The van der Waals surface area contributed by atoms with Crippen LogP contribution in [0.25, 0.3) is 60.6 Å². The number of hydrogen-bond donors (Lipinski definition) is 0. The molecule has 158 valence electrons.